The van der Waals surface area contributed by atoms with Gasteiger partial charge in [-0.05, 0) is 31.0 Å². The fourth-order valence-corrected chi connectivity index (χ4v) is 2.73. The fraction of sp³-hybridized carbons (Fsp3) is 0.500. The smallest absolute Gasteiger partial charge is 0.228 e. The predicted molar refractivity (Wildman–Crippen MR) is 78.8 cm³/mol. The monoisotopic (exact) mass is 288 g/mol. The second kappa shape index (κ2) is 5.85. The van der Waals surface area contributed by atoms with Crippen LogP contribution in [0.1, 0.15) is 12.0 Å². The van der Waals surface area contributed by atoms with Crippen LogP contribution in [0.15, 0.2) is 24.3 Å². The lowest BCUT2D eigenvalue weighted by Crippen LogP contribution is -2.42. The molecule has 1 heterocycles. The van der Waals surface area contributed by atoms with Crippen molar-refractivity contribution in [3.05, 3.63) is 29.8 Å². The fourth-order valence-electron chi connectivity index (χ4n) is 2.73. The van der Waals surface area contributed by atoms with Gasteiger partial charge in [0.25, 0.3) is 0 Å². The van der Waals surface area contributed by atoms with Crippen molar-refractivity contribution in [2.24, 2.45) is 11.8 Å². The summed E-state index contributed by atoms with van der Waals surface area (Å²) in [4.78, 5) is 26.3. The van der Waals surface area contributed by atoms with Crippen molar-refractivity contribution in [3.63, 3.8) is 0 Å². The molecule has 0 aromatic heterocycles. The Balaban J connectivity index is 1.54. The Bertz CT molecular complexity index is 552. The van der Waals surface area contributed by atoms with E-state index in [0.29, 0.717) is 32.7 Å². The van der Waals surface area contributed by atoms with Crippen LogP contribution in [0.3, 0.4) is 0 Å². The molecule has 1 saturated heterocycles. The first-order valence-corrected chi connectivity index (χ1v) is 7.39. The summed E-state index contributed by atoms with van der Waals surface area (Å²) in [5.74, 6) is -0.274. The molecule has 1 N–H and O–H groups in total. The molecule has 1 saturated carbocycles. The third kappa shape index (κ3) is 3.24. The third-order valence-corrected chi connectivity index (χ3v) is 4.05. The van der Waals surface area contributed by atoms with E-state index in [1.54, 1.807) is 0 Å². The molecular weight excluding hydrogens is 268 g/mol. The van der Waals surface area contributed by atoms with E-state index in [-0.39, 0.29) is 23.7 Å². The van der Waals surface area contributed by atoms with E-state index in [1.807, 2.05) is 36.1 Å². The van der Waals surface area contributed by atoms with Crippen LogP contribution in [0.25, 0.3) is 0 Å². The zero-order valence-electron chi connectivity index (χ0n) is 12.2. The molecule has 2 fully saturated rings. The summed E-state index contributed by atoms with van der Waals surface area (Å²) < 4.78 is 5.24. The van der Waals surface area contributed by atoms with Crippen molar-refractivity contribution < 1.29 is 14.3 Å². The van der Waals surface area contributed by atoms with E-state index in [2.05, 4.69) is 5.32 Å². The number of anilines is 1. The number of hydrogen-bond donors (Lipinski definition) is 1. The molecule has 0 bridgehead atoms. The first-order chi connectivity index (χ1) is 10.1. The van der Waals surface area contributed by atoms with E-state index in [9.17, 15) is 9.59 Å². The number of carbonyl (C=O) groups is 2. The molecule has 1 aromatic carbocycles. The van der Waals surface area contributed by atoms with Gasteiger partial charge in [0.05, 0.1) is 25.0 Å². The van der Waals surface area contributed by atoms with Gasteiger partial charge in [0.15, 0.2) is 0 Å². The number of ether oxygens (including phenoxy) is 1. The number of morpholine rings is 1. The van der Waals surface area contributed by atoms with Gasteiger partial charge in [-0.15, -0.1) is 0 Å². The van der Waals surface area contributed by atoms with E-state index in [1.165, 1.54) is 0 Å². The number of hydrogen-bond acceptors (Lipinski definition) is 3. The van der Waals surface area contributed by atoms with Gasteiger partial charge in [0.1, 0.15) is 0 Å². The number of nitrogens with zero attached hydrogens (tertiary/aromatic N) is 1. The minimum Gasteiger partial charge on any atom is -0.378 e. The molecule has 112 valence electrons. The van der Waals surface area contributed by atoms with E-state index < -0.39 is 0 Å². The van der Waals surface area contributed by atoms with Crippen LogP contribution in [0.5, 0.6) is 0 Å². The summed E-state index contributed by atoms with van der Waals surface area (Å²) in [7, 11) is 0. The Morgan fingerprint density at radius 1 is 1.24 bits per heavy atom. The van der Waals surface area contributed by atoms with Gasteiger partial charge in [0, 0.05) is 18.8 Å². The maximum atomic E-state index is 12.3. The second-order valence-electron chi connectivity index (χ2n) is 5.75. The highest BCUT2D eigenvalue weighted by Gasteiger charge is 2.49. The number of nitrogens with one attached hydrogen (secondary N) is 1. The van der Waals surface area contributed by atoms with Crippen molar-refractivity contribution in [2.75, 3.05) is 31.6 Å². The lowest BCUT2D eigenvalue weighted by Gasteiger charge is -2.27. The molecule has 1 aliphatic carbocycles. The second-order valence-corrected chi connectivity index (χ2v) is 5.75. The number of amides is 2. The average molecular weight is 288 g/mol. The molecule has 2 atom stereocenters. The number of benzene rings is 1. The summed E-state index contributed by atoms with van der Waals surface area (Å²) in [6, 6.07) is 7.69. The van der Waals surface area contributed by atoms with E-state index >= 15 is 0 Å². The number of rotatable bonds is 3. The highest BCUT2D eigenvalue weighted by Crippen LogP contribution is 2.41. The first-order valence-electron chi connectivity index (χ1n) is 7.39. The molecule has 3 rings (SSSR count). The summed E-state index contributed by atoms with van der Waals surface area (Å²) in [5, 5.41) is 2.90. The molecule has 2 unspecified atom stereocenters. The van der Waals surface area contributed by atoms with Gasteiger partial charge in [0.2, 0.25) is 11.8 Å². The number of carbonyl (C=O) groups excluding carboxylic acids is 2. The quantitative estimate of drug-likeness (QED) is 0.915. The van der Waals surface area contributed by atoms with Crippen molar-refractivity contribution in [2.45, 2.75) is 13.3 Å². The molecule has 5 nitrogen and oxygen atoms in total. The Morgan fingerprint density at radius 3 is 2.71 bits per heavy atom. The Labute approximate surface area is 124 Å². The van der Waals surface area contributed by atoms with Crippen molar-refractivity contribution >= 4 is 17.5 Å². The molecular formula is C16H20N2O3. The summed E-state index contributed by atoms with van der Waals surface area (Å²) in [5.41, 5.74) is 1.90. The molecule has 1 aromatic rings. The first kappa shape index (κ1) is 14.1. The van der Waals surface area contributed by atoms with Gasteiger partial charge >= 0.3 is 0 Å². The number of aryl methyl sites for hydroxylation is 1. The molecule has 2 aliphatic rings. The minimum atomic E-state index is -0.180. The van der Waals surface area contributed by atoms with Gasteiger partial charge < -0.3 is 15.0 Å². The van der Waals surface area contributed by atoms with Crippen LogP contribution in [0.2, 0.25) is 0 Å². The van der Waals surface area contributed by atoms with Crippen LogP contribution in [0, 0.1) is 18.8 Å². The van der Waals surface area contributed by atoms with E-state index in [4.69, 9.17) is 4.74 Å². The zero-order valence-corrected chi connectivity index (χ0v) is 12.2. The predicted octanol–water partition coefficient (Wildman–Crippen LogP) is 1.43. The van der Waals surface area contributed by atoms with Crippen LogP contribution >= 0.6 is 0 Å². The van der Waals surface area contributed by atoms with Gasteiger partial charge in [-0.2, -0.15) is 0 Å². The van der Waals surface area contributed by atoms with Crippen LogP contribution < -0.4 is 5.32 Å². The summed E-state index contributed by atoms with van der Waals surface area (Å²) in [6.45, 7) is 4.46. The van der Waals surface area contributed by atoms with E-state index in [0.717, 1.165) is 11.3 Å². The standard InChI is InChI=1S/C16H20N2O3/c1-11-3-2-4-12(9-11)17-15(19)13-10-14(13)16(20)18-5-7-21-8-6-18/h2-4,9,13-14H,5-8,10H2,1H3,(H,17,19). The molecule has 1 aliphatic heterocycles. The molecule has 2 amide bonds. The summed E-state index contributed by atoms with van der Waals surface area (Å²) >= 11 is 0. The Kier molecular flexibility index (Phi) is 3.92. The highest BCUT2D eigenvalue weighted by atomic mass is 16.5. The summed E-state index contributed by atoms with van der Waals surface area (Å²) in [6.07, 6.45) is 0.661. The van der Waals surface area contributed by atoms with Crippen molar-refractivity contribution in [1.29, 1.82) is 0 Å². The zero-order chi connectivity index (χ0) is 14.8. The molecule has 0 spiro atoms. The highest BCUT2D eigenvalue weighted by molar-refractivity contribution is 5.99. The van der Waals surface area contributed by atoms with Crippen molar-refractivity contribution in [3.8, 4) is 0 Å². The Morgan fingerprint density at radius 2 is 2.00 bits per heavy atom. The average Bonchev–Trinajstić information content (AvgIpc) is 3.28. The van der Waals surface area contributed by atoms with Gasteiger partial charge in [-0.25, -0.2) is 0 Å². The molecule has 21 heavy (non-hydrogen) atoms. The van der Waals surface area contributed by atoms with Gasteiger partial charge in [-0.1, -0.05) is 12.1 Å². The normalized spacial score (nSPS) is 24.5. The topological polar surface area (TPSA) is 58.6 Å². The molecule has 0 radical (unpaired) electrons. The van der Waals surface area contributed by atoms with Gasteiger partial charge in [-0.3, -0.25) is 9.59 Å². The molecule has 5 heteroatoms. The van der Waals surface area contributed by atoms with Crippen LogP contribution in [0.4, 0.5) is 5.69 Å². The maximum absolute atomic E-state index is 12.3. The van der Waals surface area contributed by atoms with Crippen LogP contribution in [-0.4, -0.2) is 43.0 Å². The largest absolute Gasteiger partial charge is 0.378 e. The third-order valence-electron chi connectivity index (χ3n) is 4.05. The van der Waals surface area contributed by atoms with Crippen molar-refractivity contribution in [1.82, 2.24) is 4.90 Å². The SMILES string of the molecule is Cc1cccc(NC(=O)C2CC2C(=O)N2CCOCC2)c1. The lowest BCUT2D eigenvalue weighted by molar-refractivity contribution is -0.137. The Hall–Kier alpha value is -1.88. The van der Waals surface area contributed by atoms with Crippen LogP contribution in [-0.2, 0) is 14.3 Å². The lowest BCUT2D eigenvalue weighted by atomic mass is 10.2. The maximum Gasteiger partial charge on any atom is 0.228 e. The minimum absolute atomic E-state index is 0.0489.